The summed E-state index contributed by atoms with van der Waals surface area (Å²) in [7, 11) is 0. The molecule has 1 saturated heterocycles. The Balaban J connectivity index is 1.68. The topological polar surface area (TPSA) is 9.23 Å². The molecule has 0 saturated carbocycles. The molecule has 1 aliphatic heterocycles. The lowest BCUT2D eigenvalue weighted by Crippen LogP contribution is -2.33. The number of aryl methyl sites for hydroxylation is 1. The Kier molecular flexibility index (Phi) is 3.60. The van der Waals surface area contributed by atoms with Gasteiger partial charge in [-0.05, 0) is 59.9 Å². The molecule has 2 aromatic carbocycles. The van der Waals surface area contributed by atoms with Gasteiger partial charge in [-0.1, -0.05) is 52.3 Å². The normalized spacial score (nSPS) is 27.8. The number of hydrogen-bond acceptors (Lipinski definition) is 1. The molecule has 0 spiro atoms. The molecular formula is C19H19BrO. The number of benzene rings is 2. The summed E-state index contributed by atoms with van der Waals surface area (Å²) in [6.07, 6.45) is 3.84. The van der Waals surface area contributed by atoms with Gasteiger partial charge in [0.15, 0.2) is 0 Å². The lowest BCUT2D eigenvalue weighted by molar-refractivity contribution is -0.0459. The van der Waals surface area contributed by atoms with E-state index in [0.29, 0.717) is 11.8 Å². The summed E-state index contributed by atoms with van der Waals surface area (Å²) in [4.78, 5) is 0. The fourth-order valence-electron chi connectivity index (χ4n) is 4.05. The lowest BCUT2D eigenvalue weighted by Gasteiger charge is -2.42. The average molecular weight is 343 g/mol. The first-order valence-electron chi connectivity index (χ1n) is 7.78. The highest BCUT2D eigenvalue weighted by molar-refractivity contribution is 9.10. The van der Waals surface area contributed by atoms with Crippen LogP contribution in [0.3, 0.4) is 0 Å². The summed E-state index contributed by atoms with van der Waals surface area (Å²) in [5, 5.41) is 0. The van der Waals surface area contributed by atoms with Crippen molar-refractivity contribution in [2.75, 3.05) is 6.61 Å². The second-order valence-corrected chi connectivity index (χ2v) is 7.06. The SMILES string of the molecule is Brc1ccc([C@H]2OCC[C@H]3c4ccccc4CC[C@H]23)cc1. The second kappa shape index (κ2) is 5.58. The van der Waals surface area contributed by atoms with Crippen LogP contribution in [0.5, 0.6) is 0 Å². The molecule has 108 valence electrons. The van der Waals surface area contributed by atoms with E-state index in [1.165, 1.54) is 18.4 Å². The molecule has 0 radical (unpaired) electrons. The largest absolute Gasteiger partial charge is 0.373 e. The van der Waals surface area contributed by atoms with E-state index in [4.69, 9.17) is 4.74 Å². The van der Waals surface area contributed by atoms with Gasteiger partial charge in [-0.15, -0.1) is 0 Å². The number of hydrogen-bond donors (Lipinski definition) is 0. The summed E-state index contributed by atoms with van der Waals surface area (Å²) < 4.78 is 7.31. The molecule has 1 nitrogen and oxygen atoms in total. The van der Waals surface area contributed by atoms with E-state index in [0.717, 1.165) is 17.5 Å². The summed E-state index contributed by atoms with van der Waals surface area (Å²) >= 11 is 3.52. The van der Waals surface area contributed by atoms with Gasteiger partial charge in [0.2, 0.25) is 0 Å². The van der Waals surface area contributed by atoms with Crippen LogP contribution >= 0.6 is 15.9 Å². The van der Waals surface area contributed by atoms with Gasteiger partial charge in [0.1, 0.15) is 0 Å². The van der Waals surface area contributed by atoms with Crippen LogP contribution in [0.15, 0.2) is 53.0 Å². The predicted molar refractivity (Wildman–Crippen MR) is 88.4 cm³/mol. The van der Waals surface area contributed by atoms with Gasteiger partial charge in [-0.25, -0.2) is 0 Å². The minimum absolute atomic E-state index is 0.255. The third kappa shape index (κ3) is 2.45. The van der Waals surface area contributed by atoms with Crippen molar-refractivity contribution < 1.29 is 4.74 Å². The van der Waals surface area contributed by atoms with E-state index < -0.39 is 0 Å². The average Bonchev–Trinajstić information content (AvgIpc) is 2.55. The first-order valence-corrected chi connectivity index (χ1v) is 8.57. The van der Waals surface area contributed by atoms with Gasteiger partial charge < -0.3 is 4.74 Å². The molecule has 1 fully saturated rings. The van der Waals surface area contributed by atoms with Crippen LogP contribution in [0.25, 0.3) is 0 Å². The van der Waals surface area contributed by atoms with Crippen molar-refractivity contribution in [3.8, 4) is 0 Å². The first-order chi connectivity index (χ1) is 10.3. The first kappa shape index (κ1) is 13.5. The molecule has 2 heteroatoms. The number of halogens is 1. The molecule has 2 aliphatic rings. The molecule has 2 aromatic rings. The molecule has 0 amide bonds. The Morgan fingerprint density at radius 2 is 1.76 bits per heavy atom. The zero-order chi connectivity index (χ0) is 14.2. The molecule has 3 atom stereocenters. The van der Waals surface area contributed by atoms with Crippen molar-refractivity contribution in [1.29, 1.82) is 0 Å². The van der Waals surface area contributed by atoms with Crippen LogP contribution in [-0.4, -0.2) is 6.61 Å². The molecule has 21 heavy (non-hydrogen) atoms. The highest BCUT2D eigenvalue weighted by Crippen LogP contribution is 2.48. The molecule has 0 bridgehead atoms. The van der Waals surface area contributed by atoms with Crippen LogP contribution in [0.4, 0.5) is 0 Å². The number of rotatable bonds is 1. The monoisotopic (exact) mass is 342 g/mol. The maximum Gasteiger partial charge on any atom is 0.0859 e. The Hall–Kier alpha value is -1.12. The number of ether oxygens (including phenoxy) is 1. The highest BCUT2D eigenvalue weighted by Gasteiger charge is 2.38. The van der Waals surface area contributed by atoms with E-state index in [1.54, 1.807) is 11.1 Å². The summed E-state index contributed by atoms with van der Waals surface area (Å²) in [6.45, 7) is 0.871. The molecule has 0 aromatic heterocycles. The minimum atomic E-state index is 0.255. The van der Waals surface area contributed by atoms with Crippen LogP contribution < -0.4 is 0 Å². The summed E-state index contributed by atoms with van der Waals surface area (Å²) in [6, 6.07) is 17.6. The van der Waals surface area contributed by atoms with Gasteiger partial charge in [-0.2, -0.15) is 0 Å². The van der Waals surface area contributed by atoms with Gasteiger partial charge >= 0.3 is 0 Å². The smallest absolute Gasteiger partial charge is 0.0859 e. The fourth-order valence-corrected chi connectivity index (χ4v) is 4.32. The van der Waals surface area contributed by atoms with Crippen LogP contribution in [0.2, 0.25) is 0 Å². The Morgan fingerprint density at radius 1 is 0.952 bits per heavy atom. The third-order valence-corrected chi connectivity index (χ3v) is 5.56. The Morgan fingerprint density at radius 3 is 2.62 bits per heavy atom. The molecule has 0 unspecified atom stereocenters. The van der Waals surface area contributed by atoms with Gasteiger partial charge in [0, 0.05) is 11.1 Å². The predicted octanol–water partition coefficient (Wildman–Crippen LogP) is 5.26. The lowest BCUT2D eigenvalue weighted by atomic mass is 9.69. The van der Waals surface area contributed by atoms with Crippen LogP contribution in [-0.2, 0) is 11.2 Å². The molecule has 0 N–H and O–H groups in total. The van der Waals surface area contributed by atoms with E-state index >= 15 is 0 Å². The molecule has 1 heterocycles. The summed E-state index contributed by atoms with van der Waals surface area (Å²) in [5.74, 6) is 1.28. The maximum atomic E-state index is 6.17. The van der Waals surface area contributed by atoms with Crippen molar-refractivity contribution in [3.05, 3.63) is 69.7 Å². The quantitative estimate of drug-likeness (QED) is 0.687. The van der Waals surface area contributed by atoms with Crippen molar-refractivity contribution in [2.45, 2.75) is 31.3 Å². The third-order valence-electron chi connectivity index (χ3n) is 5.03. The zero-order valence-electron chi connectivity index (χ0n) is 12.0. The van der Waals surface area contributed by atoms with E-state index in [1.807, 2.05) is 0 Å². The van der Waals surface area contributed by atoms with Crippen LogP contribution in [0, 0.1) is 5.92 Å². The van der Waals surface area contributed by atoms with E-state index in [9.17, 15) is 0 Å². The van der Waals surface area contributed by atoms with Crippen molar-refractivity contribution in [1.82, 2.24) is 0 Å². The fraction of sp³-hybridized carbons (Fsp3) is 0.368. The highest BCUT2D eigenvalue weighted by atomic mass is 79.9. The number of fused-ring (bicyclic) bond motifs is 3. The zero-order valence-corrected chi connectivity index (χ0v) is 13.6. The molecular weight excluding hydrogens is 324 g/mol. The summed E-state index contributed by atoms with van der Waals surface area (Å²) in [5.41, 5.74) is 4.45. The van der Waals surface area contributed by atoms with Gasteiger partial charge in [-0.3, -0.25) is 0 Å². The van der Waals surface area contributed by atoms with Crippen LogP contribution in [0.1, 0.15) is 41.6 Å². The van der Waals surface area contributed by atoms with Gasteiger partial charge in [0.25, 0.3) is 0 Å². The van der Waals surface area contributed by atoms with Crippen molar-refractivity contribution in [3.63, 3.8) is 0 Å². The maximum absolute atomic E-state index is 6.17. The molecule has 4 rings (SSSR count). The second-order valence-electron chi connectivity index (χ2n) is 6.14. The Bertz CT molecular complexity index is 634. The standard InChI is InChI=1S/C19H19BrO/c20-15-8-5-14(6-9-15)19-18-10-7-13-3-1-2-4-16(13)17(18)11-12-21-19/h1-6,8-9,17-19H,7,10-12H2/t17-,18-,19+/m0/s1. The van der Waals surface area contributed by atoms with E-state index in [2.05, 4.69) is 64.5 Å². The van der Waals surface area contributed by atoms with E-state index in [-0.39, 0.29) is 6.10 Å². The molecule has 1 aliphatic carbocycles. The Labute approximate surface area is 134 Å². The van der Waals surface area contributed by atoms with Crippen molar-refractivity contribution >= 4 is 15.9 Å². The van der Waals surface area contributed by atoms with Crippen molar-refractivity contribution in [2.24, 2.45) is 5.92 Å². The minimum Gasteiger partial charge on any atom is -0.373 e. The van der Waals surface area contributed by atoms with Gasteiger partial charge in [0.05, 0.1) is 6.10 Å².